The van der Waals surface area contributed by atoms with Gasteiger partial charge >= 0.3 is 0 Å². The molecule has 14 atom stereocenters. The van der Waals surface area contributed by atoms with E-state index in [1.54, 1.807) is 148 Å². The maximum atomic E-state index is 6.90. The standard InChI is InChI=1S/C54H87NOS2/c1-2-10-34(11-3-1)35-20-26-38(27-21-35)55(39-28-22-36(23-29-39)41-14-8-16-44-43-12-5-7-19-50(43)57-52(41)44)40-30-24-37(25-31-40)42-15-9-17-45-46-32-33-49-51(54(46)58-53(42)45)47-13-4-6-18-48(47)56-49/h34-54H,1-33H2. The summed E-state index contributed by atoms with van der Waals surface area (Å²) in [6, 6.07) is 2.72. The van der Waals surface area contributed by atoms with Gasteiger partial charge in [0.25, 0.3) is 0 Å². The molecule has 0 aromatic rings. The lowest BCUT2D eigenvalue weighted by Crippen LogP contribution is -2.53. The van der Waals surface area contributed by atoms with Crippen molar-refractivity contribution >= 4 is 23.5 Å². The molecular weight excluding hydrogens is 743 g/mol. The van der Waals surface area contributed by atoms with Crippen LogP contribution in [0.25, 0.3) is 0 Å². The van der Waals surface area contributed by atoms with Gasteiger partial charge in [0.15, 0.2) is 0 Å². The van der Waals surface area contributed by atoms with Gasteiger partial charge in [0.1, 0.15) is 0 Å². The summed E-state index contributed by atoms with van der Waals surface area (Å²) in [4.78, 5) is 3.38. The van der Waals surface area contributed by atoms with E-state index in [1.165, 1.54) is 64.2 Å². The highest BCUT2D eigenvalue weighted by Gasteiger charge is 2.60. The van der Waals surface area contributed by atoms with E-state index in [9.17, 15) is 0 Å². The lowest BCUT2D eigenvalue weighted by atomic mass is 9.62. The number of ether oxygens (including phenoxy) is 1. The van der Waals surface area contributed by atoms with Crippen LogP contribution in [0.5, 0.6) is 0 Å². The highest BCUT2D eigenvalue weighted by atomic mass is 32.2. The molecule has 12 rings (SSSR count). The molecule has 9 saturated carbocycles. The van der Waals surface area contributed by atoms with Gasteiger partial charge in [0, 0.05) is 45.0 Å². The predicted molar refractivity (Wildman–Crippen MR) is 246 cm³/mol. The molecule has 326 valence electrons. The normalized spacial score (nSPS) is 53.5. The van der Waals surface area contributed by atoms with E-state index >= 15 is 0 Å². The Hall–Kier alpha value is 0.620. The Balaban J connectivity index is 0.717. The van der Waals surface area contributed by atoms with Crippen molar-refractivity contribution in [1.82, 2.24) is 4.90 Å². The van der Waals surface area contributed by atoms with Crippen molar-refractivity contribution in [2.75, 3.05) is 0 Å². The molecule has 58 heavy (non-hydrogen) atoms. The van der Waals surface area contributed by atoms with Crippen molar-refractivity contribution < 1.29 is 4.74 Å². The summed E-state index contributed by atoms with van der Waals surface area (Å²) in [5.74, 6) is 12.4. The van der Waals surface area contributed by atoms with Crippen LogP contribution >= 0.6 is 23.5 Å². The van der Waals surface area contributed by atoms with E-state index in [0.717, 1.165) is 110 Å². The zero-order valence-corrected chi connectivity index (χ0v) is 38.8. The first kappa shape index (κ1) is 40.2. The highest BCUT2D eigenvalue weighted by Crippen LogP contribution is 2.64. The van der Waals surface area contributed by atoms with E-state index in [4.69, 9.17) is 4.74 Å². The van der Waals surface area contributed by atoms with Gasteiger partial charge < -0.3 is 4.74 Å². The van der Waals surface area contributed by atoms with Crippen LogP contribution in [0.4, 0.5) is 0 Å². The van der Waals surface area contributed by atoms with Crippen molar-refractivity contribution in [1.29, 1.82) is 0 Å². The monoisotopic (exact) mass is 830 g/mol. The Bertz CT molecular complexity index is 1360. The molecule has 3 saturated heterocycles. The molecule has 0 N–H and O–H groups in total. The van der Waals surface area contributed by atoms with Crippen molar-refractivity contribution in [3.05, 3.63) is 0 Å². The van der Waals surface area contributed by atoms with Gasteiger partial charge in [-0.1, -0.05) is 70.6 Å². The van der Waals surface area contributed by atoms with Gasteiger partial charge in [-0.2, -0.15) is 23.5 Å². The zero-order valence-electron chi connectivity index (χ0n) is 37.1. The zero-order chi connectivity index (χ0) is 38.2. The Morgan fingerprint density at radius 2 is 0.776 bits per heavy atom. The Morgan fingerprint density at radius 1 is 0.293 bits per heavy atom. The second kappa shape index (κ2) is 17.5. The van der Waals surface area contributed by atoms with Crippen molar-refractivity contribution in [2.24, 2.45) is 71.0 Å². The summed E-state index contributed by atoms with van der Waals surface area (Å²) in [6.07, 6.45) is 52.0. The van der Waals surface area contributed by atoms with Gasteiger partial charge in [0.2, 0.25) is 0 Å². The third-order valence-electron chi connectivity index (χ3n) is 22.0. The van der Waals surface area contributed by atoms with Gasteiger partial charge in [-0.25, -0.2) is 0 Å². The molecule has 0 spiro atoms. The Kier molecular flexibility index (Phi) is 12.1. The topological polar surface area (TPSA) is 12.5 Å². The molecule has 12 fully saturated rings. The number of fused-ring (bicyclic) bond motifs is 10. The number of hydrogen-bond acceptors (Lipinski definition) is 4. The summed E-state index contributed by atoms with van der Waals surface area (Å²) in [7, 11) is 0. The van der Waals surface area contributed by atoms with Gasteiger partial charge in [-0.3, -0.25) is 4.90 Å². The Labute approximate surface area is 365 Å². The summed E-state index contributed by atoms with van der Waals surface area (Å²) >= 11 is 5.17. The van der Waals surface area contributed by atoms with Crippen LogP contribution in [0.1, 0.15) is 212 Å². The third kappa shape index (κ3) is 7.42. The molecule has 0 aromatic carbocycles. The summed E-state index contributed by atoms with van der Waals surface area (Å²) < 4.78 is 6.90. The lowest BCUT2D eigenvalue weighted by molar-refractivity contribution is -0.0138. The Morgan fingerprint density at radius 3 is 1.45 bits per heavy atom. The molecule has 4 heteroatoms. The van der Waals surface area contributed by atoms with Crippen LogP contribution in [0, 0.1) is 71.0 Å². The van der Waals surface area contributed by atoms with Crippen molar-refractivity contribution in [3.63, 3.8) is 0 Å². The number of thioether (sulfide) groups is 2. The second-order valence-corrected chi connectivity index (χ2v) is 27.0. The largest absolute Gasteiger partial charge is 0.374 e. The predicted octanol–water partition coefficient (Wildman–Crippen LogP) is 14.5. The maximum Gasteiger partial charge on any atom is 0.0621 e. The van der Waals surface area contributed by atoms with Gasteiger partial charge in [-0.15, -0.1) is 0 Å². The SMILES string of the molecule is C1CCC(C2CCC(N(C3CCC(C4CCCC5C6CCCCC6SC45)CC3)C3CCC(C4CCCC5C6CCC7OC8CCCCC8C7C6SC45)CC3)CC2)CC1. The fourth-order valence-electron chi connectivity index (χ4n) is 19.5. The van der Waals surface area contributed by atoms with E-state index in [2.05, 4.69) is 28.4 Å². The number of hydrogen-bond donors (Lipinski definition) is 0. The fourth-order valence-corrected chi connectivity index (χ4v) is 24.4. The lowest BCUT2D eigenvalue weighted by Gasteiger charge is -2.52. The molecule has 14 unspecified atom stereocenters. The van der Waals surface area contributed by atoms with E-state index in [0.29, 0.717) is 12.2 Å². The first-order chi connectivity index (χ1) is 28.7. The molecule has 12 aliphatic rings. The molecule has 3 heterocycles. The highest BCUT2D eigenvalue weighted by molar-refractivity contribution is 8.01. The fraction of sp³-hybridized carbons (Fsp3) is 1.00. The molecule has 3 aliphatic heterocycles. The number of rotatable bonds is 6. The molecule has 9 aliphatic carbocycles. The second-order valence-electron chi connectivity index (χ2n) is 24.2. The van der Waals surface area contributed by atoms with Crippen molar-refractivity contribution in [3.8, 4) is 0 Å². The van der Waals surface area contributed by atoms with Crippen LogP contribution in [0.3, 0.4) is 0 Å². The first-order valence-corrected chi connectivity index (χ1v) is 29.4. The minimum atomic E-state index is 0.625. The molecule has 0 bridgehead atoms. The van der Waals surface area contributed by atoms with Crippen LogP contribution in [0.15, 0.2) is 0 Å². The van der Waals surface area contributed by atoms with E-state index < -0.39 is 0 Å². The third-order valence-corrected chi connectivity index (χ3v) is 25.9. The van der Waals surface area contributed by atoms with Crippen LogP contribution in [-0.2, 0) is 4.74 Å². The average Bonchev–Trinajstić information content (AvgIpc) is 3.99. The summed E-state index contributed by atoms with van der Waals surface area (Å²) in [5, 5.41) is 4.03. The molecule has 0 radical (unpaired) electrons. The van der Waals surface area contributed by atoms with E-state index in [1.807, 2.05) is 0 Å². The first-order valence-electron chi connectivity index (χ1n) is 27.5. The summed E-state index contributed by atoms with van der Waals surface area (Å²) in [6.45, 7) is 0. The van der Waals surface area contributed by atoms with Crippen molar-refractivity contribution in [2.45, 2.75) is 263 Å². The van der Waals surface area contributed by atoms with Crippen LogP contribution in [-0.4, -0.2) is 56.2 Å². The summed E-state index contributed by atoms with van der Waals surface area (Å²) in [5.41, 5.74) is 0. The van der Waals surface area contributed by atoms with Crippen LogP contribution < -0.4 is 0 Å². The van der Waals surface area contributed by atoms with Gasteiger partial charge in [-0.05, 0) is 206 Å². The smallest absolute Gasteiger partial charge is 0.0621 e. The number of nitrogens with zero attached hydrogens (tertiary/aromatic N) is 1. The average molecular weight is 830 g/mol. The minimum Gasteiger partial charge on any atom is -0.374 e. The van der Waals surface area contributed by atoms with Gasteiger partial charge in [0.05, 0.1) is 12.2 Å². The molecule has 0 aromatic heterocycles. The van der Waals surface area contributed by atoms with E-state index in [-0.39, 0.29) is 0 Å². The quantitative estimate of drug-likeness (QED) is 0.264. The van der Waals surface area contributed by atoms with Crippen LogP contribution in [0.2, 0.25) is 0 Å². The molecular formula is C54H87NOS2. The molecule has 0 amide bonds. The molecule has 2 nitrogen and oxygen atoms in total. The maximum absolute atomic E-state index is 6.90. The minimum absolute atomic E-state index is 0.625.